The average Bonchev–Trinajstić information content (AvgIpc) is 2.48. The monoisotopic (exact) mass is 272 g/mol. The zero-order valence-corrected chi connectivity index (χ0v) is 11.9. The zero-order chi connectivity index (χ0) is 14.4. The third kappa shape index (κ3) is 3.48. The highest BCUT2D eigenvalue weighted by Crippen LogP contribution is 2.26. The van der Waals surface area contributed by atoms with Crippen LogP contribution in [0.15, 0.2) is 36.5 Å². The Morgan fingerprint density at radius 3 is 2.80 bits per heavy atom. The third-order valence-electron chi connectivity index (χ3n) is 3.17. The number of nitrogens with zero attached hydrogens (tertiary/aromatic N) is 1. The van der Waals surface area contributed by atoms with Gasteiger partial charge in [0.1, 0.15) is 18.1 Å². The van der Waals surface area contributed by atoms with E-state index in [1.165, 1.54) is 0 Å². The predicted octanol–water partition coefficient (Wildman–Crippen LogP) is 2.48. The Morgan fingerprint density at radius 2 is 2.10 bits per heavy atom. The van der Waals surface area contributed by atoms with E-state index in [4.69, 9.17) is 15.2 Å². The average molecular weight is 272 g/mol. The largest absolute Gasteiger partial charge is 0.497 e. The molecule has 4 nitrogen and oxygen atoms in total. The Hall–Kier alpha value is -2.07. The molecule has 0 aliphatic carbocycles. The van der Waals surface area contributed by atoms with Crippen LogP contribution in [0.2, 0.25) is 0 Å². The van der Waals surface area contributed by atoms with Crippen LogP contribution < -0.4 is 15.2 Å². The topological polar surface area (TPSA) is 57.4 Å². The fraction of sp³-hybridized carbons (Fsp3) is 0.312. The maximum Gasteiger partial charge on any atom is 0.130 e. The molecule has 0 radical (unpaired) electrons. The Bertz CT molecular complexity index is 570. The molecule has 2 aromatic rings. The second-order valence-corrected chi connectivity index (χ2v) is 4.57. The number of pyridine rings is 1. The molecule has 20 heavy (non-hydrogen) atoms. The zero-order valence-electron chi connectivity index (χ0n) is 11.9. The van der Waals surface area contributed by atoms with E-state index < -0.39 is 0 Å². The molecular weight excluding hydrogens is 252 g/mol. The number of methoxy groups -OCH3 is 1. The molecule has 0 aliphatic rings. The lowest BCUT2D eigenvalue weighted by molar-refractivity contribution is 0.295. The second kappa shape index (κ2) is 6.91. The van der Waals surface area contributed by atoms with Crippen molar-refractivity contribution in [3.63, 3.8) is 0 Å². The van der Waals surface area contributed by atoms with Gasteiger partial charge in [0.15, 0.2) is 0 Å². The Kier molecular flexibility index (Phi) is 4.96. The van der Waals surface area contributed by atoms with E-state index in [1.807, 2.05) is 37.3 Å². The van der Waals surface area contributed by atoms with E-state index in [1.54, 1.807) is 13.3 Å². The van der Waals surface area contributed by atoms with Crippen LogP contribution in [-0.4, -0.2) is 18.6 Å². The van der Waals surface area contributed by atoms with E-state index in [0.717, 1.165) is 34.7 Å². The summed E-state index contributed by atoms with van der Waals surface area (Å²) in [6.45, 7) is 3.06. The van der Waals surface area contributed by atoms with Crippen molar-refractivity contribution in [3.8, 4) is 11.5 Å². The summed E-state index contributed by atoms with van der Waals surface area (Å²) in [5.74, 6) is 1.58. The van der Waals surface area contributed by atoms with Crippen LogP contribution in [-0.2, 0) is 13.0 Å². The van der Waals surface area contributed by atoms with E-state index in [-0.39, 0.29) is 0 Å². The van der Waals surface area contributed by atoms with Gasteiger partial charge in [-0.05, 0) is 43.1 Å². The predicted molar refractivity (Wildman–Crippen MR) is 79.1 cm³/mol. The molecule has 0 atom stereocenters. The molecule has 2 rings (SSSR count). The first kappa shape index (κ1) is 14.3. The summed E-state index contributed by atoms with van der Waals surface area (Å²) in [4.78, 5) is 4.33. The maximum absolute atomic E-state index is 5.90. The lowest BCUT2D eigenvalue weighted by Gasteiger charge is -2.13. The van der Waals surface area contributed by atoms with E-state index in [2.05, 4.69) is 4.98 Å². The van der Waals surface area contributed by atoms with E-state index in [0.29, 0.717) is 13.2 Å². The SMILES string of the molecule is COc1ccc(CCN)c(OCc2ncccc2C)c1. The van der Waals surface area contributed by atoms with Gasteiger partial charge in [0.05, 0.1) is 12.8 Å². The van der Waals surface area contributed by atoms with Crippen LogP contribution in [0.25, 0.3) is 0 Å². The van der Waals surface area contributed by atoms with Crippen LogP contribution in [0.3, 0.4) is 0 Å². The summed E-state index contributed by atoms with van der Waals surface area (Å²) < 4.78 is 11.1. The van der Waals surface area contributed by atoms with Gasteiger partial charge in [-0.3, -0.25) is 4.98 Å². The van der Waals surface area contributed by atoms with Crippen molar-refractivity contribution < 1.29 is 9.47 Å². The molecule has 1 heterocycles. The first-order chi connectivity index (χ1) is 9.74. The molecule has 106 valence electrons. The Balaban J connectivity index is 2.17. The van der Waals surface area contributed by atoms with Gasteiger partial charge in [0.2, 0.25) is 0 Å². The Morgan fingerprint density at radius 1 is 1.25 bits per heavy atom. The fourth-order valence-corrected chi connectivity index (χ4v) is 1.97. The highest BCUT2D eigenvalue weighted by atomic mass is 16.5. The van der Waals surface area contributed by atoms with Gasteiger partial charge in [-0.15, -0.1) is 0 Å². The number of aryl methyl sites for hydroxylation is 1. The van der Waals surface area contributed by atoms with Gasteiger partial charge in [0, 0.05) is 12.3 Å². The lowest BCUT2D eigenvalue weighted by atomic mass is 10.1. The number of hydrogen-bond acceptors (Lipinski definition) is 4. The Labute approximate surface area is 119 Å². The number of benzene rings is 1. The number of ether oxygens (including phenoxy) is 2. The van der Waals surface area contributed by atoms with Gasteiger partial charge in [-0.25, -0.2) is 0 Å². The van der Waals surface area contributed by atoms with Crippen molar-refractivity contribution in [1.82, 2.24) is 4.98 Å². The van der Waals surface area contributed by atoms with Crippen molar-refractivity contribution in [2.24, 2.45) is 5.73 Å². The standard InChI is InChI=1S/C16H20N2O2/c1-12-4-3-9-18-15(12)11-20-16-10-14(19-2)6-5-13(16)7-8-17/h3-6,9-10H,7-8,11,17H2,1-2H3. The molecular formula is C16H20N2O2. The molecule has 0 fully saturated rings. The molecule has 2 N–H and O–H groups in total. The lowest BCUT2D eigenvalue weighted by Crippen LogP contribution is -2.07. The van der Waals surface area contributed by atoms with Gasteiger partial charge in [-0.2, -0.15) is 0 Å². The first-order valence-electron chi connectivity index (χ1n) is 6.65. The second-order valence-electron chi connectivity index (χ2n) is 4.57. The van der Waals surface area contributed by atoms with E-state index >= 15 is 0 Å². The molecule has 0 saturated heterocycles. The fourth-order valence-electron chi connectivity index (χ4n) is 1.97. The summed E-state index contributed by atoms with van der Waals surface area (Å²) in [6.07, 6.45) is 2.55. The molecule has 0 saturated carbocycles. The van der Waals surface area contributed by atoms with Crippen molar-refractivity contribution >= 4 is 0 Å². The van der Waals surface area contributed by atoms with Crippen LogP contribution in [0.1, 0.15) is 16.8 Å². The van der Waals surface area contributed by atoms with Gasteiger partial charge in [-0.1, -0.05) is 12.1 Å². The van der Waals surface area contributed by atoms with Gasteiger partial charge < -0.3 is 15.2 Å². The summed E-state index contributed by atoms with van der Waals surface area (Å²) in [6, 6.07) is 9.75. The minimum Gasteiger partial charge on any atom is -0.497 e. The van der Waals surface area contributed by atoms with Crippen LogP contribution in [0.4, 0.5) is 0 Å². The molecule has 0 spiro atoms. The minimum absolute atomic E-state index is 0.442. The van der Waals surface area contributed by atoms with Crippen molar-refractivity contribution in [2.45, 2.75) is 20.0 Å². The normalized spacial score (nSPS) is 10.3. The molecule has 0 unspecified atom stereocenters. The van der Waals surface area contributed by atoms with Crippen LogP contribution in [0.5, 0.6) is 11.5 Å². The molecule has 1 aromatic heterocycles. The van der Waals surface area contributed by atoms with Crippen LogP contribution >= 0.6 is 0 Å². The van der Waals surface area contributed by atoms with Crippen LogP contribution in [0, 0.1) is 6.92 Å². The van der Waals surface area contributed by atoms with Crippen molar-refractivity contribution in [3.05, 3.63) is 53.3 Å². The van der Waals surface area contributed by atoms with E-state index in [9.17, 15) is 0 Å². The number of nitrogens with two attached hydrogens (primary N) is 1. The molecule has 0 bridgehead atoms. The quantitative estimate of drug-likeness (QED) is 0.877. The number of rotatable bonds is 6. The number of hydrogen-bond donors (Lipinski definition) is 1. The summed E-state index contributed by atoms with van der Waals surface area (Å²) in [5, 5.41) is 0. The molecule has 4 heteroatoms. The third-order valence-corrected chi connectivity index (χ3v) is 3.17. The minimum atomic E-state index is 0.442. The molecule has 0 aliphatic heterocycles. The first-order valence-corrected chi connectivity index (χ1v) is 6.65. The maximum atomic E-state index is 5.90. The summed E-state index contributed by atoms with van der Waals surface area (Å²) in [5.41, 5.74) is 8.78. The molecule has 1 aromatic carbocycles. The highest BCUT2D eigenvalue weighted by Gasteiger charge is 2.07. The van der Waals surface area contributed by atoms with Crippen molar-refractivity contribution in [2.75, 3.05) is 13.7 Å². The molecule has 0 amide bonds. The smallest absolute Gasteiger partial charge is 0.130 e. The summed E-state index contributed by atoms with van der Waals surface area (Å²) >= 11 is 0. The van der Waals surface area contributed by atoms with Gasteiger partial charge >= 0.3 is 0 Å². The van der Waals surface area contributed by atoms with Crippen molar-refractivity contribution in [1.29, 1.82) is 0 Å². The highest BCUT2D eigenvalue weighted by molar-refractivity contribution is 5.41. The van der Waals surface area contributed by atoms with Gasteiger partial charge in [0.25, 0.3) is 0 Å². The summed E-state index contributed by atoms with van der Waals surface area (Å²) in [7, 11) is 1.64. The number of aromatic nitrogens is 1.